The minimum atomic E-state index is -4.97. The molecule has 0 unspecified atom stereocenters. The number of aryl methyl sites for hydroxylation is 1. The molecule has 0 spiro atoms. The van der Waals surface area contributed by atoms with Gasteiger partial charge in [0.2, 0.25) is 11.2 Å². The van der Waals surface area contributed by atoms with E-state index in [0.717, 1.165) is 24.3 Å². The number of benzene rings is 2. The molecule has 3 aromatic rings. The highest BCUT2D eigenvalue weighted by atomic mass is 19.4. The Labute approximate surface area is 150 Å². The SMILES string of the molecule is CCc1cc2c(=O)c(Oc3ccc(F)cc3)c(C(F)(F)F)oc2cc1OC. The fraction of sp³-hybridized carbons (Fsp3) is 0.211. The second-order valence-corrected chi connectivity index (χ2v) is 5.66. The molecule has 3 rings (SSSR count). The lowest BCUT2D eigenvalue weighted by atomic mass is 10.1. The first kappa shape index (κ1) is 18.8. The Morgan fingerprint density at radius 3 is 2.33 bits per heavy atom. The van der Waals surface area contributed by atoms with Crippen LogP contribution in [0.4, 0.5) is 17.6 Å². The molecule has 8 heteroatoms. The zero-order valence-corrected chi connectivity index (χ0v) is 14.3. The second-order valence-electron chi connectivity index (χ2n) is 5.66. The predicted molar refractivity (Wildman–Crippen MR) is 89.9 cm³/mol. The average molecular weight is 382 g/mol. The molecule has 0 saturated carbocycles. The Bertz CT molecular complexity index is 1040. The number of hydrogen-bond donors (Lipinski definition) is 0. The van der Waals surface area contributed by atoms with Crippen molar-refractivity contribution in [1.29, 1.82) is 0 Å². The summed E-state index contributed by atoms with van der Waals surface area (Å²) in [5.41, 5.74) is -0.622. The van der Waals surface area contributed by atoms with E-state index in [1.807, 2.05) is 6.92 Å². The van der Waals surface area contributed by atoms with E-state index in [1.54, 1.807) is 0 Å². The minimum Gasteiger partial charge on any atom is -0.496 e. The summed E-state index contributed by atoms with van der Waals surface area (Å²) >= 11 is 0. The smallest absolute Gasteiger partial charge is 0.453 e. The first-order valence-electron chi connectivity index (χ1n) is 7.93. The lowest BCUT2D eigenvalue weighted by Gasteiger charge is -2.14. The van der Waals surface area contributed by atoms with E-state index in [1.165, 1.54) is 19.2 Å². The molecule has 0 amide bonds. The maximum Gasteiger partial charge on any atom is 0.453 e. The Kier molecular flexibility index (Phi) is 4.82. The monoisotopic (exact) mass is 382 g/mol. The molecule has 27 heavy (non-hydrogen) atoms. The van der Waals surface area contributed by atoms with Gasteiger partial charge in [0.1, 0.15) is 22.9 Å². The van der Waals surface area contributed by atoms with Gasteiger partial charge in [-0.15, -0.1) is 0 Å². The molecule has 0 N–H and O–H groups in total. The molecular weight excluding hydrogens is 368 g/mol. The second kappa shape index (κ2) is 6.94. The van der Waals surface area contributed by atoms with Crippen LogP contribution in [0.3, 0.4) is 0 Å². The van der Waals surface area contributed by atoms with Crippen LogP contribution in [-0.4, -0.2) is 7.11 Å². The largest absolute Gasteiger partial charge is 0.496 e. The third-order valence-corrected chi connectivity index (χ3v) is 3.92. The van der Waals surface area contributed by atoms with Gasteiger partial charge in [0.15, 0.2) is 0 Å². The van der Waals surface area contributed by atoms with Crippen molar-refractivity contribution in [3.63, 3.8) is 0 Å². The third-order valence-electron chi connectivity index (χ3n) is 3.92. The maximum absolute atomic E-state index is 13.4. The highest BCUT2D eigenvalue weighted by Crippen LogP contribution is 2.39. The van der Waals surface area contributed by atoms with Gasteiger partial charge in [0, 0.05) is 6.07 Å². The van der Waals surface area contributed by atoms with Gasteiger partial charge in [-0.3, -0.25) is 4.79 Å². The quantitative estimate of drug-likeness (QED) is 0.574. The van der Waals surface area contributed by atoms with Gasteiger partial charge in [-0.2, -0.15) is 13.2 Å². The van der Waals surface area contributed by atoms with E-state index in [9.17, 15) is 22.4 Å². The number of fused-ring (bicyclic) bond motifs is 1. The van der Waals surface area contributed by atoms with Crippen LogP contribution in [0.2, 0.25) is 0 Å². The van der Waals surface area contributed by atoms with E-state index in [2.05, 4.69) is 0 Å². The zero-order chi connectivity index (χ0) is 19.8. The van der Waals surface area contributed by atoms with Gasteiger partial charge in [-0.25, -0.2) is 4.39 Å². The third kappa shape index (κ3) is 3.60. The van der Waals surface area contributed by atoms with Crippen molar-refractivity contribution in [1.82, 2.24) is 0 Å². The standard InChI is InChI=1S/C19H14F4O4/c1-3-10-8-13-15(9-14(10)25-2)27-18(19(21,22)23)17(16(13)24)26-12-6-4-11(20)5-7-12/h4-9H,3H2,1-2H3. The number of methoxy groups -OCH3 is 1. The van der Waals surface area contributed by atoms with Crippen molar-refractivity contribution in [3.8, 4) is 17.2 Å². The summed E-state index contributed by atoms with van der Waals surface area (Å²) in [6.07, 6.45) is -4.48. The van der Waals surface area contributed by atoms with E-state index in [-0.39, 0.29) is 16.7 Å². The Morgan fingerprint density at radius 1 is 1.11 bits per heavy atom. The first-order chi connectivity index (χ1) is 12.7. The molecule has 142 valence electrons. The molecule has 0 aliphatic carbocycles. The van der Waals surface area contributed by atoms with E-state index in [0.29, 0.717) is 17.7 Å². The highest BCUT2D eigenvalue weighted by molar-refractivity contribution is 5.81. The molecule has 1 aromatic heterocycles. The maximum atomic E-state index is 13.4. The van der Waals surface area contributed by atoms with Crippen molar-refractivity contribution >= 4 is 11.0 Å². The number of hydrogen-bond acceptors (Lipinski definition) is 4. The number of halogens is 4. The number of ether oxygens (including phenoxy) is 2. The molecular formula is C19H14F4O4. The number of alkyl halides is 3. The van der Waals surface area contributed by atoms with Crippen LogP contribution >= 0.6 is 0 Å². The van der Waals surface area contributed by atoms with Crippen LogP contribution in [0.25, 0.3) is 11.0 Å². The van der Waals surface area contributed by atoms with Crippen molar-refractivity contribution in [2.45, 2.75) is 19.5 Å². The molecule has 0 aliphatic rings. The summed E-state index contributed by atoms with van der Waals surface area (Å²) in [7, 11) is 1.37. The molecule has 2 aromatic carbocycles. The van der Waals surface area contributed by atoms with Gasteiger partial charge in [0.25, 0.3) is 5.76 Å². The topological polar surface area (TPSA) is 48.7 Å². The summed E-state index contributed by atoms with van der Waals surface area (Å²) in [6.45, 7) is 1.81. The summed E-state index contributed by atoms with van der Waals surface area (Å²) in [5, 5.41) is -0.0715. The van der Waals surface area contributed by atoms with Gasteiger partial charge < -0.3 is 13.9 Å². The van der Waals surface area contributed by atoms with Crippen LogP contribution in [-0.2, 0) is 12.6 Å². The van der Waals surface area contributed by atoms with Crippen LogP contribution in [0.15, 0.2) is 45.6 Å². The van der Waals surface area contributed by atoms with Crippen molar-refractivity contribution in [3.05, 3.63) is 63.8 Å². The lowest BCUT2D eigenvalue weighted by Crippen LogP contribution is -2.15. The molecule has 0 radical (unpaired) electrons. The molecule has 1 heterocycles. The van der Waals surface area contributed by atoms with Gasteiger partial charge in [-0.05, 0) is 42.3 Å². The Hall–Kier alpha value is -3.03. The zero-order valence-electron chi connectivity index (χ0n) is 14.3. The molecule has 0 atom stereocenters. The molecule has 0 bridgehead atoms. The average Bonchev–Trinajstić information content (AvgIpc) is 2.63. The minimum absolute atomic E-state index is 0.0715. The predicted octanol–water partition coefficient (Wildman–Crippen LogP) is 5.31. The van der Waals surface area contributed by atoms with Gasteiger partial charge in [-0.1, -0.05) is 6.92 Å². The summed E-state index contributed by atoms with van der Waals surface area (Å²) in [5.74, 6) is -2.99. The van der Waals surface area contributed by atoms with Crippen molar-refractivity contribution < 1.29 is 31.5 Å². The fourth-order valence-corrected chi connectivity index (χ4v) is 2.62. The molecule has 0 fully saturated rings. The van der Waals surface area contributed by atoms with E-state index < -0.39 is 28.9 Å². The molecule has 4 nitrogen and oxygen atoms in total. The van der Waals surface area contributed by atoms with Gasteiger partial charge >= 0.3 is 6.18 Å². The molecule has 0 aliphatic heterocycles. The van der Waals surface area contributed by atoms with Crippen molar-refractivity contribution in [2.75, 3.05) is 7.11 Å². The Balaban J connectivity index is 2.27. The fourth-order valence-electron chi connectivity index (χ4n) is 2.62. The summed E-state index contributed by atoms with van der Waals surface area (Å²) in [4.78, 5) is 12.7. The number of rotatable bonds is 4. The van der Waals surface area contributed by atoms with Crippen LogP contribution in [0, 0.1) is 5.82 Å². The van der Waals surface area contributed by atoms with Crippen LogP contribution in [0.5, 0.6) is 17.2 Å². The Morgan fingerprint density at radius 2 is 1.78 bits per heavy atom. The van der Waals surface area contributed by atoms with Crippen molar-refractivity contribution in [2.24, 2.45) is 0 Å². The summed E-state index contributed by atoms with van der Waals surface area (Å²) < 4.78 is 68.6. The van der Waals surface area contributed by atoms with Gasteiger partial charge in [0.05, 0.1) is 12.5 Å². The first-order valence-corrected chi connectivity index (χ1v) is 7.93. The highest BCUT2D eigenvalue weighted by Gasteiger charge is 2.40. The van der Waals surface area contributed by atoms with E-state index in [4.69, 9.17) is 13.9 Å². The lowest BCUT2D eigenvalue weighted by molar-refractivity contribution is -0.154. The van der Waals surface area contributed by atoms with Crippen LogP contribution < -0.4 is 14.9 Å². The van der Waals surface area contributed by atoms with Crippen LogP contribution in [0.1, 0.15) is 18.2 Å². The summed E-state index contributed by atoms with van der Waals surface area (Å²) in [6, 6.07) is 6.90. The molecule has 0 saturated heterocycles. The normalized spacial score (nSPS) is 11.6. The van der Waals surface area contributed by atoms with E-state index >= 15 is 0 Å².